The Bertz CT molecular complexity index is 797. The molecule has 0 N–H and O–H groups in total. The lowest BCUT2D eigenvalue weighted by molar-refractivity contribution is -0.132. The van der Waals surface area contributed by atoms with E-state index in [9.17, 15) is 4.79 Å². The van der Waals surface area contributed by atoms with Crippen LogP contribution in [0.15, 0.2) is 91.0 Å². The molecular formula is C22H21O2P. The maximum Gasteiger partial charge on any atom is 0.334 e. The zero-order chi connectivity index (χ0) is 17.7. The maximum absolute atomic E-state index is 12.6. The third-order valence-corrected chi connectivity index (χ3v) is 8.82. The van der Waals surface area contributed by atoms with Crippen molar-refractivity contribution in [1.82, 2.24) is 0 Å². The molecule has 0 unspecified atom stereocenters. The van der Waals surface area contributed by atoms with Gasteiger partial charge in [0.15, 0.2) is 0 Å². The summed E-state index contributed by atoms with van der Waals surface area (Å²) in [6.45, 7) is -0.365. The predicted octanol–water partition coefficient (Wildman–Crippen LogP) is 3.35. The fraction of sp³-hybridized carbons (Fsp3) is 0.0909. The van der Waals surface area contributed by atoms with Gasteiger partial charge >= 0.3 is 5.97 Å². The molecule has 0 heterocycles. The first-order chi connectivity index (χ1) is 12.2. The standard InChI is InChI=1S/C22H21O2P/c1-18(22(23)24-2)25(19-12-6-3-7-13-19,20-14-8-4-9-15-20)21-16-10-5-11-17-21/h3-17H,1-2H3/i18+1. The molecule has 0 amide bonds. The molecule has 0 aromatic heterocycles. The van der Waals surface area contributed by atoms with Gasteiger partial charge in [-0.3, -0.25) is 0 Å². The Morgan fingerprint density at radius 1 is 0.680 bits per heavy atom. The number of ether oxygens (including phenoxy) is 1. The molecule has 0 spiro atoms. The number of rotatable bonds is 4. The summed E-state index contributed by atoms with van der Waals surface area (Å²) in [5.41, 5.74) is 0. The van der Waals surface area contributed by atoms with Crippen molar-refractivity contribution < 1.29 is 9.53 Å². The SMILES string of the molecule is COC(=O)[13C](C)=P(c1ccccc1)(c1ccccc1)c1ccccc1. The van der Waals surface area contributed by atoms with E-state index < -0.39 is 6.89 Å². The predicted molar refractivity (Wildman–Crippen MR) is 108 cm³/mol. The Kier molecular flexibility index (Phi) is 5.21. The number of methoxy groups -OCH3 is 1. The van der Waals surface area contributed by atoms with Crippen LogP contribution in [0.5, 0.6) is 0 Å². The summed E-state index contributed by atoms with van der Waals surface area (Å²) < 4.78 is 5.13. The molecule has 0 saturated carbocycles. The summed E-state index contributed by atoms with van der Waals surface area (Å²) in [5, 5.41) is 4.19. The molecule has 0 saturated heterocycles. The molecule has 2 nitrogen and oxygen atoms in total. The molecular weight excluding hydrogens is 328 g/mol. The van der Waals surface area contributed by atoms with Gasteiger partial charge in [-0.15, -0.1) is 0 Å². The van der Waals surface area contributed by atoms with Crippen molar-refractivity contribution in [3.8, 4) is 0 Å². The lowest BCUT2D eigenvalue weighted by Gasteiger charge is -2.30. The van der Waals surface area contributed by atoms with Crippen LogP contribution in [0.4, 0.5) is 0 Å². The second kappa shape index (κ2) is 7.55. The van der Waals surface area contributed by atoms with Crippen LogP contribution in [0.3, 0.4) is 0 Å². The van der Waals surface area contributed by atoms with Gasteiger partial charge in [0, 0.05) is 5.29 Å². The van der Waals surface area contributed by atoms with Gasteiger partial charge in [-0.05, 0) is 29.7 Å². The third kappa shape index (κ3) is 3.06. The van der Waals surface area contributed by atoms with Crippen molar-refractivity contribution in [2.45, 2.75) is 6.92 Å². The molecule has 0 aliphatic rings. The van der Waals surface area contributed by atoms with Gasteiger partial charge in [0.1, 0.15) is 0 Å². The van der Waals surface area contributed by atoms with Crippen molar-refractivity contribution in [2.24, 2.45) is 0 Å². The van der Waals surface area contributed by atoms with Gasteiger partial charge in [-0.25, -0.2) is 4.79 Å². The minimum Gasteiger partial charge on any atom is -0.466 e. The Balaban J connectivity index is 2.52. The highest BCUT2D eigenvalue weighted by molar-refractivity contribution is 7.96. The van der Waals surface area contributed by atoms with Crippen molar-refractivity contribution in [3.63, 3.8) is 0 Å². The van der Waals surface area contributed by atoms with Crippen LogP contribution in [-0.4, -0.2) is 18.4 Å². The first-order valence-electron chi connectivity index (χ1n) is 8.19. The van der Waals surface area contributed by atoms with Crippen LogP contribution >= 0.6 is 6.89 Å². The van der Waals surface area contributed by atoms with E-state index in [2.05, 4.69) is 36.4 Å². The van der Waals surface area contributed by atoms with Crippen molar-refractivity contribution in [2.75, 3.05) is 7.11 Å². The van der Waals surface area contributed by atoms with Gasteiger partial charge in [0.05, 0.1) is 7.11 Å². The Hall–Kier alpha value is -2.57. The van der Waals surface area contributed by atoms with Crippen LogP contribution in [0.25, 0.3) is 0 Å². The third-order valence-electron chi connectivity index (χ3n) is 4.41. The first kappa shape index (κ1) is 17.3. The highest BCUT2D eigenvalue weighted by Gasteiger charge is 2.30. The second-order valence-electron chi connectivity index (χ2n) is 5.75. The lowest BCUT2D eigenvalue weighted by atomic mass is 10.4. The molecule has 0 bridgehead atoms. The molecule has 25 heavy (non-hydrogen) atoms. The largest absolute Gasteiger partial charge is 0.466 e. The molecule has 0 fully saturated rings. The minimum absolute atomic E-state index is 0.259. The number of carbonyl (C=O) groups is 1. The summed E-state index contributed by atoms with van der Waals surface area (Å²) >= 11 is 0. The number of carbonyl (C=O) groups excluding carboxylic acids is 1. The van der Waals surface area contributed by atoms with E-state index in [-0.39, 0.29) is 5.97 Å². The van der Waals surface area contributed by atoms with Crippen LogP contribution in [0, 0.1) is 0 Å². The highest BCUT2D eigenvalue weighted by Crippen LogP contribution is 2.46. The van der Waals surface area contributed by atoms with Crippen molar-refractivity contribution >= 4 is 34.1 Å². The first-order valence-corrected chi connectivity index (χ1v) is 9.98. The van der Waals surface area contributed by atoms with E-state index in [1.807, 2.05) is 61.5 Å². The molecule has 126 valence electrons. The average Bonchev–Trinajstić information content (AvgIpc) is 2.70. The Morgan fingerprint density at radius 2 is 1.00 bits per heavy atom. The molecule has 3 aromatic carbocycles. The fourth-order valence-electron chi connectivity index (χ4n) is 3.27. The van der Waals surface area contributed by atoms with E-state index in [4.69, 9.17) is 4.74 Å². The maximum atomic E-state index is 12.6. The second-order valence-corrected chi connectivity index (χ2v) is 9.32. The molecule has 3 aromatic rings. The monoisotopic (exact) mass is 349 g/mol. The zero-order valence-corrected chi connectivity index (χ0v) is 15.3. The summed E-state index contributed by atoms with van der Waals surface area (Å²) in [4.78, 5) is 12.6. The van der Waals surface area contributed by atoms with E-state index in [0.717, 1.165) is 21.2 Å². The van der Waals surface area contributed by atoms with E-state index in [0.29, 0.717) is 0 Å². The highest BCUT2D eigenvalue weighted by atomic mass is 31.2. The smallest absolute Gasteiger partial charge is 0.334 e. The average molecular weight is 349 g/mol. The van der Waals surface area contributed by atoms with Gasteiger partial charge in [0.2, 0.25) is 0 Å². The molecule has 3 heteroatoms. The lowest BCUT2D eigenvalue weighted by Crippen LogP contribution is -2.32. The van der Waals surface area contributed by atoms with E-state index in [1.54, 1.807) is 0 Å². The van der Waals surface area contributed by atoms with Gasteiger partial charge in [-0.2, -0.15) is 0 Å². The number of hydrogen-bond acceptors (Lipinski definition) is 2. The molecule has 0 radical (unpaired) electrons. The molecule has 3 rings (SSSR count). The summed E-state index contributed by atoms with van der Waals surface area (Å²) in [5.74, 6) is -0.259. The Morgan fingerprint density at radius 3 is 1.28 bits per heavy atom. The van der Waals surface area contributed by atoms with E-state index >= 15 is 0 Å². The van der Waals surface area contributed by atoms with Gasteiger partial charge < -0.3 is 4.74 Å². The van der Waals surface area contributed by atoms with Gasteiger partial charge in [-0.1, -0.05) is 91.0 Å². The number of esters is 1. The van der Waals surface area contributed by atoms with Crippen LogP contribution in [-0.2, 0) is 9.53 Å². The number of benzene rings is 3. The van der Waals surface area contributed by atoms with Crippen LogP contribution < -0.4 is 15.9 Å². The van der Waals surface area contributed by atoms with Crippen LogP contribution in [0.2, 0.25) is 0 Å². The topological polar surface area (TPSA) is 26.3 Å². The molecule has 0 aliphatic heterocycles. The van der Waals surface area contributed by atoms with Crippen molar-refractivity contribution in [1.29, 1.82) is 0 Å². The quantitative estimate of drug-likeness (QED) is 0.410. The number of hydrogen-bond donors (Lipinski definition) is 0. The fourth-order valence-corrected chi connectivity index (χ4v) is 7.55. The zero-order valence-electron chi connectivity index (χ0n) is 14.4. The summed E-state index contributed by atoms with van der Waals surface area (Å²) in [6, 6.07) is 30.8. The molecule has 0 atom stereocenters. The van der Waals surface area contributed by atoms with Gasteiger partial charge in [0.25, 0.3) is 0 Å². The van der Waals surface area contributed by atoms with Crippen molar-refractivity contribution in [3.05, 3.63) is 91.0 Å². The summed E-state index contributed by atoms with van der Waals surface area (Å²) in [6.07, 6.45) is 0. The van der Waals surface area contributed by atoms with E-state index in [1.165, 1.54) is 7.11 Å². The Labute approximate surface area is 149 Å². The van der Waals surface area contributed by atoms with Crippen LogP contribution in [0.1, 0.15) is 6.92 Å². The normalized spacial score (nSPS) is 11.0. The minimum atomic E-state index is -2.27. The molecule has 0 aliphatic carbocycles. The summed E-state index contributed by atoms with van der Waals surface area (Å²) in [7, 11) is 1.45.